The minimum absolute atomic E-state index is 0.0512. The van der Waals surface area contributed by atoms with Crippen LogP contribution in [0.1, 0.15) is 67.7 Å². The van der Waals surface area contributed by atoms with E-state index in [1.807, 2.05) is 0 Å². The first kappa shape index (κ1) is 15.1. The van der Waals surface area contributed by atoms with Gasteiger partial charge in [0.05, 0.1) is 7.85 Å². The molecule has 0 aliphatic heterocycles. The lowest BCUT2D eigenvalue weighted by Gasteiger charge is -2.41. The highest BCUT2D eigenvalue weighted by Crippen LogP contribution is 2.45. The molecule has 1 heteroatoms. The minimum atomic E-state index is -0.0512. The third-order valence-corrected chi connectivity index (χ3v) is 3.32. The summed E-state index contributed by atoms with van der Waals surface area (Å²) in [6, 6.07) is 0. The van der Waals surface area contributed by atoms with Gasteiger partial charge in [0.25, 0.3) is 0 Å². The van der Waals surface area contributed by atoms with Crippen molar-refractivity contribution in [3.8, 4) is 0 Å². The normalized spacial score (nSPS) is 15.7. The molecule has 88 valence electrons. The molecule has 1 atom stereocenters. The number of hydrogen-bond donors (Lipinski definition) is 0. The zero-order chi connectivity index (χ0) is 12.3. The molecule has 0 aromatic carbocycles. The fourth-order valence-electron chi connectivity index (χ4n) is 3.24. The second-order valence-corrected chi connectivity index (χ2v) is 6.79. The van der Waals surface area contributed by atoms with E-state index >= 15 is 0 Å². The summed E-state index contributed by atoms with van der Waals surface area (Å²) in [7, 11) is 6.16. The summed E-state index contributed by atoms with van der Waals surface area (Å²) < 4.78 is 0. The van der Waals surface area contributed by atoms with Gasteiger partial charge >= 0.3 is 0 Å². The largest absolute Gasteiger partial charge is 0.0739 e. The van der Waals surface area contributed by atoms with Crippen molar-refractivity contribution < 1.29 is 0 Å². The van der Waals surface area contributed by atoms with Crippen LogP contribution in [0.5, 0.6) is 0 Å². The smallest absolute Gasteiger partial charge is 0.0711 e. The van der Waals surface area contributed by atoms with Gasteiger partial charge in [-0.2, -0.15) is 0 Å². The van der Waals surface area contributed by atoms with Crippen LogP contribution in [-0.4, -0.2) is 7.85 Å². The minimum Gasteiger partial charge on any atom is -0.0711 e. The van der Waals surface area contributed by atoms with Crippen LogP contribution in [0.15, 0.2) is 0 Å². The Morgan fingerprint density at radius 2 is 1.53 bits per heavy atom. The van der Waals surface area contributed by atoms with Crippen LogP contribution in [0.25, 0.3) is 0 Å². The second-order valence-electron chi connectivity index (χ2n) is 6.79. The standard InChI is InChI=1S/C14H29B/c1-8-9-12(11(2)3)13(4,5)10-14(6,7)15/h11-12H,8-10H2,1-7H3. The summed E-state index contributed by atoms with van der Waals surface area (Å²) in [5.74, 6) is 1.53. The monoisotopic (exact) mass is 208 g/mol. The molecule has 0 N–H and O–H groups in total. The quantitative estimate of drug-likeness (QED) is 0.548. The molecule has 0 fully saturated rings. The summed E-state index contributed by atoms with van der Waals surface area (Å²) >= 11 is 0. The van der Waals surface area contributed by atoms with E-state index in [1.165, 1.54) is 12.8 Å². The van der Waals surface area contributed by atoms with E-state index in [1.54, 1.807) is 0 Å². The Bertz CT molecular complexity index is 174. The highest BCUT2D eigenvalue weighted by atomic mass is 14.4. The van der Waals surface area contributed by atoms with Gasteiger partial charge in [0.15, 0.2) is 0 Å². The fraction of sp³-hybridized carbons (Fsp3) is 1.00. The van der Waals surface area contributed by atoms with Crippen molar-refractivity contribution >= 4 is 7.85 Å². The molecule has 0 aromatic rings. The molecule has 0 spiro atoms. The molecule has 0 heterocycles. The van der Waals surface area contributed by atoms with Crippen molar-refractivity contribution in [2.45, 2.75) is 73.0 Å². The van der Waals surface area contributed by atoms with Gasteiger partial charge in [0.2, 0.25) is 0 Å². The summed E-state index contributed by atoms with van der Waals surface area (Å²) in [6.45, 7) is 16.0. The van der Waals surface area contributed by atoms with Crippen molar-refractivity contribution in [2.24, 2.45) is 17.3 Å². The SMILES string of the molecule is [B]C(C)(C)CC(C)(C)C(CCC)C(C)C. The molecule has 0 rings (SSSR count). The van der Waals surface area contributed by atoms with E-state index in [0.717, 1.165) is 18.3 Å². The zero-order valence-corrected chi connectivity index (χ0v) is 11.9. The predicted octanol–water partition coefficient (Wildman–Crippen LogP) is 4.84. The van der Waals surface area contributed by atoms with Crippen molar-refractivity contribution in [3.05, 3.63) is 0 Å². The van der Waals surface area contributed by atoms with Gasteiger partial charge < -0.3 is 0 Å². The highest BCUT2D eigenvalue weighted by molar-refractivity contribution is 6.14. The lowest BCUT2D eigenvalue weighted by Crippen LogP contribution is -2.31. The molecule has 0 aromatic heterocycles. The first-order valence-electron chi connectivity index (χ1n) is 6.39. The average Bonchev–Trinajstić information content (AvgIpc) is 1.93. The predicted molar refractivity (Wildman–Crippen MR) is 71.4 cm³/mol. The highest BCUT2D eigenvalue weighted by Gasteiger charge is 2.34. The van der Waals surface area contributed by atoms with E-state index in [-0.39, 0.29) is 5.31 Å². The summed E-state index contributed by atoms with van der Waals surface area (Å²) in [5.41, 5.74) is 0.350. The molecule has 0 bridgehead atoms. The van der Waals surface area contributed by atoms with E-state index in [0.29, 0.717) is 5.41 Å². The zero-order valence-electron chi connectivity index (χ0n) is 11.9. The van der Waals surface area contributed by atoms with Gasteiger partial charge in [-0.15, -0.1) is 0 Å². The maximum absolute atomic E-state index is 6.16. The van der Waals surface area contributed by atoms with Gasteiger partial charge in [-0.05, 0) is 23.7 Å². The lowest BCUT2D eigenvalue weighted by atomic mass is 9.58. The van der Waals surface area contributed by atoms with Crippen LogP contribution in [0.4, 0.5) is 0 Å². The summed E-state index contributed by atoms with van der Waals surface area (Å²) in [5, 5.41) is -0.0512. The maximum Gasteiger partial charge on any atom is 0.0739 e. The third-order valence-electron chi connectivity index (χ3n) is 3.32. The lowest BCUT2D eigenvalue weighted by molar-refractivity contribution is 0.119. The first-order chi connectivity index (χ1) is 6.60. The van der Waals surface area contributed by atoms with Crippen molar-refractivity contribution in [1.82, 2.24) is 0 Å². The molecule has 1 unspecified atom stereocenters. The average molecular weight is 208 g/mol. The van der Waals surface area contributed by atoms with Crippen molar-refractivity contribution in [2.75, 3.05) is 0 Å². The summed E-state index contributed by atoms with van der Waals surface area (Å²) in [4.78, 5) is 0. The molecule has 0 saturated heterocycles. The molecular formula is C14H29B. The van der Waals surface area contributed by atoms with Gasteiger partial charge in [-0.3, -0.25) is 0 Å². The van der Waals surface area contributed by atoms with Gasteiger partial charge in [-0.1, -0.05) is 66.6 Å². The van der Waals surface area contributed by atoms with E-state index in [2.05, 4.69) is 48.5 Å². The van der Waals surface area contributed by atoms with Crippen LogP contribution in [-0.2, 0) is 0 Å². The first-order valence-corrected chi connectivity index (χ1v) is 6.39. The topological polar surface area (TPSA) is 0 Å². The maximum atomic E-state index is 6.16. The molecule has 0 amide bonds. The molecule has 2 radical (unpaired) electrons. The van der Waals surface area contributed by atoms with Crippen LogP contribution < -0.4 is 0 Å². The van der Waals surface area contributed by atoms with Crippen molar-refractivity contribution in [3.63, 3.8) is 0 Å². The Kier molecular flexibility index (Phi) is 5.43. The van der Waals surface area contributed by atoms with Crippen molar-refractivity contribution in [1.29, 1.82) is 0 Å². The van der Waals surface area contributed by atoms with Gasteiger partial charge in [0, 0.05) is 0 Å². The molecule has 0 saturated carbocycles. The van der Waals surface area contributed by atoms with E-state index < -0.39 is 0 Å². The molecule has 0 aliphatic rings. The molecular weight excluding hydrogens is 179 g/mol. The Hall–Kier alpha value is 0.0649. The van der Waals surface area contributed by atoms with E-state index in [9.17, 15) is 0 Å². The Morgan fingerprint density at radius 3 is 1.80 bits per heavy atom. The third kappa shape index (κ3) is 5.63. The molecule has 0 nitrogen and oxygen atoms in total. The number of rotatable bonds is 6. The molecule has 0 aliphatic carbocycles. The Morgan fingerprint density at radius 1 is 1.07 bits per heavy atom. The van der Waals surface area contributed by atoms with Gasteiger partial charge in [-0.25, -0.2) is 0 Å². The van der Waals surface area contributed by atoms with Gasteiger partial charge in [0.1, 0.15) is 0 Å². The van der Waals surface area contributed by atoms with Crippen LogP contribution in [0.3, 0.4) is 0 Å². The van der Waals surface area contributed by atoms with Crippen LogP contribution >= 0.6 is 0 Å². The number of hydrogen-bond acceptors (Lipinski definition) is 0. The summed E-state index contributed by atoms with van der Waals surface area (Å²) in [6.07, 6.45) is 3.70. The second kappa shape index (κ2) is 5.41. The van der Waals surface area contributed by atoms with E-state index in [4.69, 9.17) is 7.85 Å². The Balaban J connectivity index is 4.63. The fourth-order valence-corrected chi connectivity index (χ4v) is 3.24. The Labute approximate surface area is 98.6 Å². The van der Waals surface area contributed by atoms with Crippen LogP contribution in [0, 0.1) is 17.3 Å². The van der Waals surface area contributed by atoms with Crippen LogP contribution in [0.2, 0.25) is 5.31 Å². The molecule has 15 heavy (non-hydrogen) atoms.